The van der Waals surface area contributed by atoms with Crippen LogP contribution in [0.4, 0.5) is 0 Å². The molecule has 1 rings (SSSR count). The molecule has 120 valence electrons. The average Bonchev–Trinajstić information content (AvgIpc) is 2.36. The fourth-order valence-corrected chi connectivity index (χ4v) is 2.04. The lowest BCUT2D eigenvalue weighted by Gasteiger charge is -2.09. The molecule has 0 N–H and O–H groups in total. The normalized spacial score (nSPS) is 9.73. The SMILES string of the molecule is CC(=O)C(Cc1ccc(Br)cc1)C(C)=O.CC(=O)CC(C)=O. The Kier molecular flexibility index (Phi) is 9.42. The van der Waals surface area contributed by atoms with E-state index in [0.29, 0.717) is 6.42 Å². The first-order valence-electron chi connectivity index (χ1n) is 6.87. The maximum absolute atomic E-state index is 11.2. The van der Waals surface area contributed by atoms with Crippen LogP contribution in [0.2, 0.25) is 0 Å². The zero-order chi connectivity index (χ0) is 17.3. The van der Waals surface area contributed by atoms with Crippen LogP contribution in [0.3, 0.4) is 0 Å². The van der Waals surface area contributed by atoms with E-state index in [-0.39, 0.29) is 29.6 Å². The van der Waals surface area contributed by atoms with E-state index >= 15 is 0 Å². The molecule has 0 aromatic heterocycles. The van der Waals surface area contributed by atoms with Crippen LogP contribution in [0, 0.1) is 5.92 Å². The van der Waals surface area contributed by atoms with E-state index in [1.54, 1.807) is 0 Å². The molecule has 4 nitrogen and oxygen atoms in total. The molecule has 0 radical (unpaired) electrons. The Morgan fingerprint density at radius 2 is 1.27 bits per heavy atom. The van der Waals surface area contributed by atoms with Gasteiger partial charge in [0.05, 0.1) is 12.3 Å². The molecule has 1 aromatic rings. The number of carbonyl (C=O) groups is 4. The van der Waals surface area contributed by atoms with E-state index in [2.05, 4.69) is 15.9 Å². The fraction of sp³-hybridized carbons (Fsp3) is 0.412. The van der Waals surface area contributed by atoms with E-state index in [1.165, 1.54) is 27.7 Å². The Labute approximate surface area is 139 Å². The molecule has 0 aliphatic heterocycles. The average molecular weight is 369 g/mol. The van der Waals surface area contributed by atoms with Crippen molar-refractivity contribution in [2.75, 3.05) is 0 Å². The van der Waals surface area contributed by atoms with Crippen LogP contribution in [0.5, 0.6) is 0 Å². The van der Waals surface area contributed by atoms with Crippen LogP contribution in [0.1, 0.15) is 39.7 Å². The third kappa shape index (κ3) is 9.34. The molecule has 0 aliphatic rings. The molecule has 0 heterocycles. The predicted octanol–water partition coefficient (Wildman–Crippen LogP) is 3.34. The van der Waals surface area contributed by atoms with Gasteiger partial charge in [-0.3, -0.25) is 19.2 Å². The maximum Gasteiger partial charge on any atom is 0.140 e. The number of hydrogen-bond donors (Lipinski definition) is 0. The molecule has 0 aliphatic carbocycles. The quantitative estimate of drug-likeness (QED) is 0.722. The lowest BCUT2D eigenvalue weighted by Crippen LogP contribution is -2.21. The second-order valence-electron chi connectivity index (χ2n) is 5.19. The van der Waals surface area contributed by atoms with Gasteiger partial charge < -0.3 is 0 Å². The van der Waals surface area contributed by atoms with Gasteiger partial charge in [0.15, 0.2) is 0 Å². The topological polar surface area (TPSA) is 68.3 Å². The molecule has 0 bridgehead atoms. The minimum absolute atomic E-state index is 0.0625. The van der Waals surface area contributed by atoms with E-state index in [9.17, 15) is 19.2 Å². The van der Waals surface area contributed by atoms with Gasteiger partial charge in [0, 0.05) is 4.47 Å². The van der Waals surface area contributed by atoms with Crippen molar-refractivity contribution < 1.29 is 19.2 Å². The van der Waals surface area contributed by atoms with Crippen molar-refractivity contribution in [2.45, 2.75) is 40.5 Å². The number of rotatable bonds is 6. The van der Waals surface area contributed by atoms with Gasteiger partial charge in [-0.05, 0) is 51.8 Å². The van der Waals surface area contributed by atoms with Gasteiger partial charge in [-0.25, -0.2) is 0 Å². The Balaban J connectivity index is 0.000000534. The van der Waals surface area contributed by atoms with Crippen molar-refractivity contribution in [3.05, 3.63) is 34.3 Å². The maximum atomic E-state index is 11.2. The third-order valence-corrected chi connectivity index (χ3v) is 3.36. The predicted molar refractivity (Wildman–Crippen MR) is 88.7 cm³/mol. The Morgan fingerprint density at radius 1 is 0.864 bits per heavy atom. The highest BCUT2D eigenvalue weighted by Crippen LogP contribution is 2.15. The summed E-state index contributed by atoms with van der Waals surface area (Å²) in [5.41, 5.74) is 1.01. The summed E-state index contributed by atoms with van der Waals surface area (Å²) in [6.07, 6.45) is 0.581. The zero-order valence-electron chi connectivity index (χ0n) is 13.3. The summed E-state index contributed by atoms with van der Waals surface area (Å²) in [5, 5.41) is 0. The summed E-state index contributed by atoms with van der Waals surface area (Å²) in [6, 6.07) is 7.66. The molecule has 22 heavy (non-hydrogen) atoms. The Bertz CT molecular complexity index is 520. The molecule has 0 atom stereocenters. The first kappa shape index (κ1) is 20.4. The van der Waals surface area contributed by atoms with E-state index in [1.807, 2.05) is 24.3 Å². The summed E-state index contributed by atoms with van der Waals surface area (Å²) in [7, 11) is 0. The van der Waals surface area contributed by atoms with Crippen molar-refractivity contribution in [1.29, 1.82) is 0 Å². The highest BCUT2D eigenvalue weighted by atomic mass is 79.9. The summed E-state index contributed by atoms with van der Waals surface area (Å²) >= 11 is 3.34. The summed E-state index contributed by atoms with van der Waals surface area (Å²) in [5.74, 6) is -0.748. The van der Waals surface area contributed by atoms with Gasteiger partial charge in [0.25, 0.3) is 0 Å². The molecule has 0 spiro atoms. The van der Waals surface area contributed by atoms with Gasteiger partial charge in [-0.1, -0.05) is 28.1 Å². The number of benzene rings is 1. The minimum Gasteiger partial charge on any atom is -0.300 e. The van der Waals surface area contributed by atoms with Gasteiger partial charge in [0.1, 0.15) is 23.1 Å². The standard InChI is InChI=1S/C12H13BrO2.C5H8O2/c1-8(14)12(9(2)15)7-10-3-5-11(13)6-4-10;1-4(6)3-5(2)7/h3-6,12H,7H2,1-2H3;3H2,1-2H3. The van der Waals surface area contributed by atoms with E-state index in [4.69, 9.17) is 0 Å². The molecule has 0 amide bonds. The number of halogens is 1. The van der Waals surface area contributed by atoms with Gasteiger partial charge in [-0.15, -0.1) is 0 Å². The zero-order valence-corrected chi connectivity index (χ0v) is 14.9. The number of Topliss-reactive ketones (excluding diaryl/α,β-unsaturated/α-hetero) is 4. The molecule has 0 saturated heterocycles. The van der Waals surface area contributed by atoms with Crippen LogP contribution in [-0.4, -0.2) is 23.1 Å². The summed E-state index contributed by atoms with van der Waals surface area (Å²) in [4.78, 5) is 42.5. The largest absolute Gasteiger partial charge is 0.300 e. The summed E-state index contributed by atoms with van der Waals surface area (Å²) < 4.78 is 0.994. The van der Waals surface area contributed by atoms with Crippen molar-refractivity contribution in [2.24, 2.45) is 5.92 Å². The number of hydrogen-bond acceptors (Lipinski definition) is 4. The second-order valence-corrected chi connectivity index (χ2v) is 6.10. The van der Waals surface area contributed by atoms with Crippen LogP contribution < -0.4 is 0 Å². The Hall–Kier alpha value is -1.62. The second kappa shape index (κ2) is 10.2. The summed E-state index contributed by atoms with van der Waals surface area (Å²) in [6.45, 7) is 5.73. The van der Waals surface area contributed by atoms with Crippen LogP contribution in [-0.2, 0) is 25.6 Å². The van der Waals surface area contributed by atoms with Crippen molar-refractivity contribution >= 4 is 39.1 Å². The first-order chi connectivity index (χ1) is 10.1. The van der Waals surface area contributed by atoms with E-state index < -0.39 is 5.92 Å². The molecular weight excluding hydrogens is 348 g/mol. The van der Waals surface area contributed by atoms with Gasteiger partial charge in [0.2, 0.25) is 0 Å². The molecule has 0 saturated carbocycles. The van der Waals surface area contributed by atoms with Crippen molar-refractivity contribution in [1.82, 2.24) is 0 Å². The lowest BCUT2D eigenvalue weighted by molar-refractivity contribution is -0.130. The number of carbonyl (C=O) groups excluding carboxylic acids is 4. The highest BCUT2D eigenvalue weighted by Gasteiger charge is 2.19. The Morgan fingerprint density at radius 3 is 1.55 bits per heavy atom. The minimum atomic E-state index is -0.494. The lowest BCUT2D eigenvalue weighted by atomic mass is 9.93. The molecule has 1 aromatic carbocycles. The molecule has 5 heteroatoms. The van der Waals surface area contributed by atoms with Crippen molar-refractivity contribution in [3.8, 4) is 0 Å². The van der Waals surface area contributed by atoms with E-state index in [0.717, 1.165) is 10.0 Å². The van der Waals surface area contributed by atoms with Gasteiger partial charge >= 0.3 is 0 Å². The van der Waals surface area contributed by atoms with Crippen LogP contribution in [0.15, 0.2) is 28.7 Å². The van der Waals surface area contributed by atoms with Crippen LogP contribution in [0.25, 0.3) is 0 Å². The smallest absolute Gasteiger partial charge is 0.140 e. The fourth-order valence-electron chi connectivity index (χ4n) is 1.78. The molecule has 0 unspecified atom stereocenters. The molecule has 0 fully saturated rings. The van der Waals surface area contributed by atoms with Crippen molar-refractivity contribution in [3.63, 3.8) is 0 Å². The monoisotopic (exact) mass is 368 g/mol. The van der Waals surface area contributed by atoms with Gasteiger partial charge in [-0.2, -0.15) is 0 Å². The third-order valence-electron chi connectivity index (χ3n) is 2.83. The van der Waals surface area contributed by atoms with Crippen LogP contribution >= 0.6 is 15.9 Å². The first-order valence-corrected chi connectivity index (χ1v) is 7.67. The highest BCUT2D eigenvalue weighted by molar-refractivity contribution is 9.10. The number of ketones is 4. The molecular formula is C17H21BrO4.